The number of para-hydroxylation sites is 1. The number of nitrogens with zero attached hydrogens (tertiary/aromatic N) is 6. The summed E-state index contributed by atoms with van der Waals surface area (Å²) in [6.07, 6.45) is 5.11. The third-order valence-corrected chi connectivity index (χ3v) is 5.47. The molecule has 2 aliphatic rings. The number of carbonyl (C=O) groups excluding carboxylic acids is 1. The molecule has 2 aromatic heterocycles. The predicted molar refractivity (Wildman–Crippen MR) is 99.1 cm³/mol. The molecule has 0 saturated carbocycles. The Labute approximate surface area is 151 Å². The van der Waals surface area contributed by atoms with Crippen molar-refractivity contribution >= 4 is 28.6 Å². The van der Waals surface area contributed by atoms with Gasteiger partial charge in [0.15, 0.2) is 17.0 Å². The highest BCUT2D eigenvalue weighted by molar-refractivity contribution is 5.98. The maximum Gasteiger partial charge on any atom is 0.231 e. The fourth-order valence-electron chi connectivity index (χ4n) is 4.11. The Balaban J connectivity index is 1.38. The second-order valence-electron chi connectivity index (χ2n) is 7.03. The van der Waals surface area contributed by atoms with E-state index in [1.54, 1.807) is 12.7 Å². The van der Waals surface area contributed by atoms with E-state index in [0.29, 0.717) is 6.54 Å². The van der Waals surface area contributed by atoms with Crippen LogP contribution >= 0.6 is 0 Å². The molecular weight excluding hydrogens is 328 g/mol. The summed E-state index contributed by atoms with van der Waals surface area (Å²) in [5, 5.41) is 0. The number of rotatable bonds is 2. The molecule has 4 heterocycles. The number of hydrogen-bond donors (Lipinski definition) is 0. The van der Waals surface area contributed by atoms with E-state index < -0.39 is 0 Å². The molecule has 1 unspecified atom stereocenters. The Morgan fingerprint density at radius 3 is 2.96 bits per heavy atom. The fourth-order valence-corrected chi connectivity index (χ4v) is 4.11. The summed E-state index contributed by atoms with van der Waals surface area (Å²) in [7, 11) is 1.92. The highest BCUT2D eigenvalue weighted by atomic mass is 16.2. The lowest BCUT2D eigenvalue weighted by Gasteiger charge is -2.22. The number of aryl methyl sites for hydroxylation is 1. The van der Waals surface area contributed by atoms with Gasteiger partial charge in [0.05, 0.1) is 12.2 Å². The molecule has 7 heteroatoms. The minimum atomic E-state index is -0.00474. The Kier molecular flexibility index (Phi) is 3.41. The number of benzene rings is 1. The first-order valence-corrected chi connectivity index (χ1v) is 8.98. The fraction of sp³-hybridized carbons (Fsp3) is 0.368. The van der Waals surface area contributed by atoms with Crippen molar-refractivity contribution in [1.82, 2.24) is 19.5 Å². The number of carbonyl (C=O) groups is 1. The number of aromatic nitrogens is 4. The third-order valence-electron chi connectivity index (χ3n) is 5.47. The molecule has 2 aliphatic heterocycles. The van der Waals surface area contributed by atoms with Crippen LogP contribution in [0.1, 0.15) is 12.0 Å². The molecular formula is C19H20N6O. The lowest BCUT2D eigenvalue weighted by molar-refractivity contribution is -0.121. The Morgan fingerprint density at radius 1 is 1.15 bits per heavy atom. The lowest BCUT2D eigenvalue weighted by Crippen LogP contribution is -2.36. The SMILES string of the molecule is Cn1cnc2c(N3CCC(C(=O)N4CCc5ccccc54)C3)ncnc21. The predicted octanol–water partition coefficient (Wildman–Crippen LogP) is 1.78. The van der Waals surface area contributed by atoms with Crippen molar-refractivity contribution in [2.24, 2.45) is 13.0 Å². The lowest BCUT2D eigenvalue weighted by atomic mass is 10.1. The van der Waals surface area contributed by atoms with E-state index in [9.17, 15) is 4.79 Å². The minimum Gasteiger partial charge on any atom is -0.354 e. The molecule has 0 N–H and O–H groups in total. The molecule has 7 nitrogen and oxygen atoms in total. The summed E-state index contributed by atoms with van der Waals surface area (Å²) in [5.74, 6) is 1.05. The summed E-state index contributed by atoms with van der Waals surface area (Å²) < 4.78 is 1.89. The summed E-state index contributed by atoms with van der Waals surface area (Å²) in [6.45, 7) is 2.28. The number of hydrogen-bond acceptors (Lipinski definition) is 5. The van der Waals surface area contributed by atoms with Crippen LogP contribution in [0.5, 0.6) is 0 Å². The molecule has 1 amide bonds. The first-order valence-electron chi connectivity index (χ1n) is 8.98. The number of anilines is 2. The van der Waals surface area contributed by atoms with Gasteiger partial charge in [-0.3, -0.25) is 4.79 Å². The molecule has 1 atom stereocenters. The van der Waals surface area contributed by atoms with Gasteiger partial charge in [-0.1, -0.05) is 18.2 Å². The molecule has 0 spiro atoms. The van der Waals surface area contributed by atoms with E-state index in [-0.39, 0.29) is 11.8 Å². The number of fused-ring (bicyclic) bond motifs is 2. The summed E-state index contributed by atoms with van der Waals surface area (Å²) in [6, 6.07) is 8.21. The van der Waals surface area contributed by atoms with Gasteiger partial charge in [0, 0.05) is 32.4 Å². The van der Waals surface area contributed by atoms with Crippen LogP contribution in [-0.2, 0) is 18.3 Å². The summed E-state index contributed by atoms with van der Waals surface area (Å²) in [4.78, 5) is 30.4. The van der Waals surface area contributed by atoms with Crippen LogP contribution in [0.4, 0.5) is 11.5 Å². The average Bonchev–Trinajstić information content (AvgIpc) is 3.39. The zero-order valence-electron chi connectivity index (χ0n) is 14.7. The smallest absolute Gasteiger partial charge is 0.231 e. The van der Waals surface area contributed by atoms with Crippen molar-refractivity contribution in [3.05, 3.63) is 42.5 Å². The molecule has 132 valence electrons. The van der Waals surface area contributed by atoms with Gasteiger partial charge in [-0.05, 0) is 24.5 Å². The van der Waals surface area contributed by atoms with Gasteiger partial charge in [-0.15, -0.1) is 0 Å². The molecule has 1 saturated heterocycles. The molecule has 0 radical (unpaired) electrons. The first-order chi connectivity index (χ1) is 12.7. The molecule has 1 fully saturated rings. The third kappa shape index (κ3) is 2.27. The topological polar surface area (TPSA) is 67.2 Å². The highest BCUT2D eigenvalue weighted by Crippen LogP contribution is 2.32. The summed E-state index contributed by atoms with van der Waals surface area (Å²) in [5.41, 5.74) is 3.96. The van der Waals surface area contributed by atoms with E-state index in [1.807, 2.05) is 28.6 Å². The van der Waals surface area contributed by atoms with E-state index >= 15 is 0 Å². The van der Waals surface area contributed by atoms with E-state index in [0.717, 1.165) is 48.6 Å². The van der Waals surface area contributed by atoms with Crippen LogP contribution in [0.25, 0.3) is 11.2 Å². The van der Waals surface area contributed by atoms with E-state index in [1.165, 1.54) is 5.56 Å². The van der Waals surface area contributed by atoms with Crippen LogP contribution in [-0.4, -0.2) is 45.1 Å². The van der Waals surface area contributed by atoms with Crippen LogP contribution in [0.2, 0.25) is 0 Å². The van der Waals surface area contributed by atoms with Crippen molar-refractivity contribution in [3.8, 4) is 0 Å². The average molecular weight is 348 g/mol. The van der Waals surface area contributed by atoms with Crippen molar-refractivity contribution in [1.29, 1.82) is 0 Å². The highest BCUT2D eigenvalue weighted by Gasteiger charge is 2.35. The van der Waals surface area contributed by atoms with Crippen LogP contribution < -0.4 is 9.80 Å². The van der Waals surface area contributed by atoms with Gasteiger partial charge < -0.3 is 14.4 Å². The van der Waals surface area contributed by atoms with Crippen LogP contribution in [0.3, 0.4) is 0 Å². The Morgan fingerprint density at radius 2 is 2.04 bits per heavy atom. The Hall–Kier alpha value is -2.96. The number of amides is 1. The van der Waals surface area contributed by atoms with Gasteiger partial charge in [-0.25, -0.2) is 15.0 Å². The largest absolute Gasteiger partial charge is 0.354 e. The van der Waals surface area contributed by atoms with Crippen LogP contribution in [0.15, 0.2) is 36.9 Å². The minimum absolute atomic E-state index is 0.00474. The quantitative estimate of drug-likeness (QED) is 0.706. The van der Waals surface area contributed by atoms with Gasteiger partial charge in [0.2, 0.25) is 5.91 Å². The molecule has 1 aromatic carbocycles. The standard InChI is InChI=1S/C19H20N6O/c1-23-12-22-16-17(23)20-11-21-18(16)24-8-6-14(10-24)19(26)25-9-7-13-4-2-3-5-15(13)25/h2-5,11-12,14H,6-10H2,1H3. The van der Waals surface area contributed by atoms with Gasteiger partial charge in [0.1, 0.15) is 6.33 Å². The second-order valence-corrected chi connectivity index (χ2v) is 7.03. The van der Waals surface area contributed by atoms with Gasteiger partial charge in [0.25, 0.3) is 0 Å². The maximum atomic E-state index is 13.1. The molecule has 3 aromatic rings. The van der Waals surface area contributed by atoms with Crippen molar-refractivity contribution in [3.63, 3.8) is 0 Å². The zero-order chi connectivity index (χ0) is 17.7. The molecule has 5 rings (SSSR count). The first kappa shape index (κ1) is 15.3. The second kappa shape index (κ2) is 5.79. The zero-order valence-corrected chi connectivity index (χ0v) is 14.7. The maximum absolute atomic E-state index is 13.1. The van der Waals surface area contributed by atoms with E-state index in [2.05, 4.69) is 32.0 Å². The van der Waals surface area contributed by atoms with Gasteiger partial charge in [-0.2, -0.15) is 0 Å². The van der Waals surface area contributed by atoms with Crippen molar-refractivity contribution < 1.29 is 4.79 Å². The van der Waals surface area contributed by atoms with Crippen molar-refractivity contribution in [2.75, 3.05) is 29.4 Å². The van der Waals surface area contributed by atoms with Crippen LogP contribution in [0, 0.1) is 5.92 Å². The molecule has 26 heavy (non-hydrogen) atoms. The normalized spacial score (nSPS) is 19.3. The molecule has 0 bridgehead atoms. The number of imidazole rings is 1. The Bertz CT molecular complexity index is 997. The van der Waals surface area contributed by atoms with Crippen molar-refractivity contribution in [2.45, 2.75) is 12.8 Å². The monoisotopic (exact) mass is 348 g/mol. The summed E-state index contributed by atoms with van der Waals surface area (Å²) >= 11 is 0. The molecule has 0 aliphatic carbocycles. The van der Waals surface area contributed by atoms with Gasteiger partial charge >= 0.3 is 0 Å². The van der Waals surface area contributed by atoms with E-state index in [4.69, 9.17) is 0 Å².